The number of carboxylic acids is 1. The quantitative estimate of drug-likeness (QED) is 0.662. The molecule has 1 aliphatic heterocycles. The summed E-state index contributed by atoms with van der Waals surface area (Å²) in [6.45, 7) is -0.300. The van der Waals surface area contributed by atoms with Gasteiger partial charge in [0, 0.05) is 26.1 Å². The summed E-state index contributed by atoms with van der Waals surface area (Å²) in [6.07, 6.45) is -2.28. The van der Waals surface area contributed by atoms with Gasteiger partial charge in [-0.15, -0.1) is 12.4 Å². The molecule has 2 aliphatic rings. The maximum absolute atomic E-state index is 11.9. The first-order valence-corrected chi connectivity index (χ1v) is 7.72. The van der Waals surface area contributed by atoms with Gasteiger partial charge in [0.15, 0.2) is 0 Å². The lowest BCUT2D eigenvalue weighted by Gasteiger charge is -2.23. The molecule has 0 spiro atoms. The fraction of sp³-hybridized carbons (Fsp3) is 0.786. The number of rotatable bonds is 5. The van der Waals surface area contributed by atoms with Gasteiger partial charge in [-0.3, -0.25) is 14.9 Å². The van der Waals surface area contributed by atoms with Gasteiger partial charge in [-0.05, 0) is 18.8 Å². The summed E-state index contributed by atoms with van der Waals surface area (Å²) in [7, 11) is 0. The molecule has 0 radical (unpaired) electrons. The van der Waals surface area contributed by atoms with Gasteiger partial charge in [0.1, 0.15) is 6.54 Å². The first-order valence-electron chi connectivity index (χ1n) is 7.72. The van der Waals surface area contributed by atoms with E-state index in [2.05, 4.69) is 0 Å². The van der Waals surface area contributed by atoms with Crippen LogP contribution in [0.2, 0.25) is 0 Å². The molecule has 1 heterocycles. The highest BCUT2D eigenvalue weighted by Gasteiger charge is 2.54. The number of carbonyl (C=O) groups excluding carboxylic acids is 2. The Morgan fingerprint density at radius 2 is 1.96 bits per heavy atom. The molecule has 7 nitrogen and oxygen atoms in total. The number of halogens is 4. The van der Waals surface area contributed by atoms with Crippen molar-refractivity contribution < 1.29 is 32.7 Å². The summed E-state index contributed by atoms with van der Waals surface area (Å²) in [4.78, 5) is 36.2. The zero-order valence-electron chi connectivity index (χ0n) is 13.4. The molecule has 0 aromatic carbocycles. The van der Waals surface area contributed by atoms with Gasteiger partial charge in [-0.2, -0.15) is 13.2 Å². The lowest BCUT2D eigenvalue weighted by Crippen LogP contribution is -2.44. The predicted molar refractivity (Wildman–Crippen MR) is 83.3 cm³/mol. The minimum Gasteiger partial charge on any atom is -0.481 e. The van der Waals surface area contributed by atoms with Gasteiger partial charge >= 0.3 is 18.2 Å². The van der Waals surface area contributed by atoms with E-state index in [1.807, 2.05) is 10.2 Å². The van der Waals surface area contributed by atoms with E-state index in [1.165, 1.54) is 0 Å². The average molecular weight is 388 g/mol. The van der Waals surface area contributed by atoms with Gasteiger partial charge in [-0.25, -0.2) is 4.79 Å². The Bertz CT molecular complexity index is 532. The highest BCUT2D eigenvalue weighted by molar-refractivity contribution is 5.94. The molecule has 0 aromatic heterocycles. The van der Waals surface area contributed by atoms with Crippen LogP contribution in [-0.4, -0.2) is 60.3 Å². The standard InChI is InChI=1S/C14H20F3N3O4.ClH/c15-14(16,17)7-18-12(24)19-10(21)3-5-20-6-9-2-1-4-13(9,8-20)11(22)23;/h9H,1-8H2,(H,22,23)(H2,18,19,21,24);1H/t9-,13+;/m0./s1. The van der Waals surface area contributed by atoms with E-state index in [0.717, 1.165) is 12.8 Å². The molecule has 144 valence electrons. The van der Waals surface area contributed by atoms with E-state index in [1.54, 1.807) is 5.32 Å². The van der Waals surface area contributed by atoms with E-state index in [9.17, 15) is 32.7 Å². The molecule has 1 saturated heterocycles. The summed E-state index contributed by atoms with van der Waals surface area (Å²) < 4.78 is 35.8. The van der Waals surface area contributed by atoms with Crippen LogP contribution in [0.4, 0.5) is 18.0 Å². The summed E-state index contributed by atoms with van der Waals surface area (Å²) in [5, 5.41) is 12.8. The second-order valence-electron chi connectivity index (χ2n) is 6.38. The summed E-state index contributed by atoms with van der Waals surface area (Å²) >= 11 is 0. The monoisotopic (exact) mass is 387 g/mol. The first-order chi connectivity index (χ1) is 11.1. The first kappa shape index (κ1) is 21.5. The van der Waals surface area contributed by atoms with Crippen molar-refractivity contribution >= 4 is 30.3 Å². The average Bonchev–Trinajstić information content (AvgIpc) is 3.00. The van der Waals surface area contributed by atoms with Crippen molar-refractivity contribution in [2.45, 2.75) is 31.9 Å². The van der Waals surface area contributed by atoms with Crippen molar-refractivity contribution in [3.05, 3.63) is 0 Å². The molecule has 0 bridgehead atoms. The van der Waals surface area contributed by atoms with Crippen LogP contribution >= 0.6 is 12.4 Å². The van der Waals surface area contributed by atoms with Crippen LogP contribution in [0.5, 0.6) is 0 Å². The highest BCUT2D eigenvalue weighted by atomic mass is 35.5. The van der Waals surface area contributed by atoms with Crippen molar-refractivity contribution in [2.75, 3.05) is 26.2 Å². The number of hydrogen-bond acceptors (Lipinski definition) is 4. The van der Waals surface area contributed by atoms with Crippen molar-refractivity contribution in [1.82, 2.24) is 15.5 Å². The third-order valence-electron chi connectivity index (χ3n) is 4.72. The van der Waals surface area contributed by atoms with Gasteiger partial charge in [0.05, 0.1) is 5.41 Å². The minimum absolute atomic E-state index is 0. The minimum atomic E-state index is -4.54. The summed E-state index contributed by atoms with van der Waals surface area (Å²) in [6, 6.07) is -1.20. The Balaban J connectivity index is 0.00000312. The van der Waals surface area contributed by atoms with Crippen molar-refractivity contribution in [3.63, 3.8) is 0 Å². The Morgan fingerprint density at radius 3 is 2.52 bits per heavy atom. The van der Waals surface area contributed by atoms with Gasteiger partial charge in [-0.1, -0.05) is 6.42 Å². The number of imide groups is 1. The smallest absolute Gasteiger partial charge is 0.405 e. The second-order valence-corrected chi connectivity index (χ2v) is 6.38. The molecule has 0 aromatic rings. The van der Waals surface area contributed by atoms with Crippen LogP contribution in [-0.2, 0) is 9.59 Å². The number of carbonyl (C=O) groups is 3. The topological polar surface area (TPSA) is 98.7 Å². The Labute approximate surface area is 148 Å². The molecular weight excluding hydrogens is 367 g/mol. The van der Waals surface area contributed by atoms with Gasteiger partial charge in [0.25, 0.3) is 0 Å². The number of nitrogens with zero attached hydrogens (tertiary/aromatic N) is 1. The molecular formula is C14H21ClF3N3O4. The van der Waals surface area contributed by atoms with Crippen LogP contribution in [0.25, 0.3) is 0 Å². The van der Waals surface area contributed by atoms with E-state index in [4.69, 9.17) is 0 Å². The van der Waals surface area contributed by atoms with E-state index in [0.29, 0.717) is 19.5 Å². The van der Waals surface area contributed by atoms with Crippen LogP contribution in [0.3, 0.4) is 0 Å². The number of fused-ring (bicyclic) bond motifs is 1. The Morgan fingerprint density at radius 1 is 1.28 bits per heavy atom. The van der Waals surface area contributed by atoms with Crippen LogP contribution in [0.15, 0.2) is 0 Å². The number of carboxylic acid groups (broad SMARTS) is 1. The fourth-order valence-electron chi connectivity index (χ4n) is 3.59. The maximum atomic E-state index is 11.9. The summed E-state index contributed by atoms with van der Waals surface area (Å²) in [5.74, 6) is -1.45. The van der Waals surface area contributed by atoms with Crippen molar-refractivity contribution in [3.8, 4) is 0 Å². The molecule has 3 N–H and O–H groups in total. The zero-order valence-corrected chi connectivity index (χ0v) is 14.2. The normalized spacial score (nSPS) is 25.8. The Hall–Kier alpha value is -1.55. The predicted octanol–water partition coefficient (Wildman–Crippen LogP) is 1.37. The number of urea groups is 1. The van der Waals surface area contributed by atoms with Crippen molar-refractivity contribution in [2.24, 2.45) is 11.3 Å². The van der Waals surface area contributed by atoms with Crippen LogP contribution < -0.4 is 10.6 Å². The van der Waals surface area contributed by atoms with E-state index in [-0.39, 0.29) is 31.3 Å². The molecule has 2 rings (SSSR count). The number of amides is 3. The molecule has 2 atom stereocenters. The molecule has 0 unspecified atom stereocenters. The molecule has 25 heavy (non-hydrogen) atoms. The maximum Gasteiger partial charge on any atom is 0.405 e. The Kier molecular flexibility index (Phi) is 7.07. The molecule has 3 amide bonds. The van der Waals surface area contributed by atoms with Gasteiger partial charge < -0.3 is 15.3 Å². The summed E-state index contributed by atoms with van der Waals surface area (Å²) in [5.41, 5.74) is -0.749. The molecule has 2 fully saturated rings. The SMILES string of the molecule is Cl.O=C(CCN1C[C@@H]2CCC[C@@]2(C(=O)O)C1)NC(=O)NCC(F)(F)F. The number of likely N-dealkylation sites (tertiary alicyclic amines) is 1. The molecule has 1 saturated carbocycles. The fourth-order valence-corrected chi connectivity index (χ4v) is 3.59. The third kappa shape index (κ3) is 5.46. The molecule has 1 aliphatic carbocycles. The third-order valence-corrected chi connectivity index (χ3v) is 4.72. The molecule has 11 heteroatoms. The van der Waals surface area contributed by atoms with E-state index < -0.39 is 36.0 Å². The van der Waals surface area contributed by atoms with Crippen molar-refractivity contribution in [1.29, 1.82) is 0 Å². The number of aliphatic carboxylic acids is 1. The second kappa shape index (κ2) is 8.22. The lowest BCUT2D eigenvalue weighted by molar-refractivity contribution is -0.149. The van der Waals surface area contributed by atoms with Crippen LogP contribution in [0, 0.1) is 11.3 Å². The lowest BCUT2D eigenvalue weighted by atomic mass is 9.81. The largest absolute Gasteiger partial charge is 0.481 e. The van der Waals surface area contributed by atoms with Crippen LogP contribution in [0.1, 0.15) is 25.7 Å². The van der Waals surface area contributed by atoms with E-state index >= 15 is 0 Å². The number of nitrogens with one attached hydrogen (secondary N) is 2. The van der Waals surface area contributed by atoms with Gasteiger partial charge in [0.2, 0.25) is 5.91 Å². The number of alkyl halides is 3. The zero-order chi connectivity index (χ0) is 18.0. The highest BCUT2D eigenvalue weighted by Crippen LogP contribution is 2.48. The number of hydrogen-bond donors (Lipinski definition) is 3.